The molecule has 4 N–H and O–H groups in total. The van der Waals surface area contributed by atoms with Crippen LogP contribution >= 0.6 is 0 Å². The lowest BCUT2D eigenvalue weighted by molar-refractivity contribution is 0.289. The van der Waals surface area contributed by atoms with Gasteiger partial charge in [0.05, 0.1) is 0 Å². The first-order valence-electron chi connectivity index (χ1n) is 5.42. The summed E-state index contributed by atoms with van der Waals surface area (Å²) in [5.41, 5.74) is 5.66. The fourth-order valence-corrected chi connectivity index (χ4v) is 2.63. The highest BCUT2D eigenvalue weighted by atomic mass is 32.2. The maximum atomic E-state index is 11.1. The van der Waals surface area contributed by atoms with Gasteiger partial charge in [0.1, 0.15) is 0 Å². The second-order valence-electron chi connectivity index (χ2n) is 4.20. The summed E-state index contributed by atoms with van der Waals surface area (Å²) >= 11 is 0. The van der Waals surface area contributed by atoms with E-state index in [0.29, 0.717) is 0 Å². The molecule has 1 atom stereocenters. The molecule has 0 aromatic rings. The van der Waals surface area contributed by atoms with Gasteiger partial charge >= 0.3 is 0 Å². The Balaban J connectivity index is 2.67. The minimum atomic E-state index is -4.25. The summed E-state index contributed by atoms with van der Waals surface area (Å²) in [7, 11) is -4.25. The highest BCUT2D eigenvalue weighted by molar-refractivity contribution is 7.87. The molecular weight excluding hydrogens is 216 g/mol. The van der Waals surface area contributed by atoms with Crippen molar-refractivity contribution in [2.45, 2.75) is 56.5 Å². The van der Waals surface area contributed by atoms with Gasteiger partial charge in [-0.1, -0.05) is 26.2 Å². The summed E-state index contributed by atoms with van der Waals surface area (Å²) in [6, 6.07) is 0.102. The van der Waals surface area contributed by atoms with Crippen LogP contribution in [0.4, 0.5) is 0 Å². The van der Waals surface area contributed by atoms with E-state index in [0.717, 1.165) is 25.7 Å². The van der Waals surface area contributed by atoms with Gasteiger partial charge < -0.3 is 0 Å². The molecule has 0 bridgehead atoms. The lowest BCUT2D eigenvalue weighted by atomic mass is 9.95. The van der Waals surface area contributed by atoms with Gasteiger partial charge in [0.15, 0.2) is 4.99 Å². The molecule has 0 aliphatic heterocycles. The van der Waals surface area contributed by atoms with Crippen LogP contribution in [0, 0.1) is 0 Å². The molecule has 0 aromatic heterocycles. The van der Waals surface area contributed by atoms with Crippen molar-refractivity contribution in [3.05, 3.63) is 0 Å². The number of nitrogens with two attached hydrogens (primary N) is 1. The van der Waals surface area contributed by atoms with Crippen molar-refractivity contribution >= 4 is 10.1 Å². The van der Waals surface area contributed by atoms with E-state index in [9.17, 15) is 8.42 Å². The standard InChI is InChI=1S/C9H20N2O3S/c1-2-9(10,15(12,13)14)11-8-6-4-3-5-7-8/h8,11H,2-7,10H2,1H3,(H,12,13,14). The molecule has 6 heteroatoms. The number of hydrogen-bond donors (Lipinski definition) is 3. The highest BCUT2D eigenvalue weighted by Crippen LogP contribution is 2.21. The average molecular weight is 236 g/mol. The third-order valence-electron chi connectivity index (χ3n) is 3.04. The Morgan fingerprint density at radius 2 is 1.93 bits per heavy atom. The van der Waals surface area contributed by atoms with Crippen molar-refractivity contribution in [2.24, 2.45) is 5.73 Å². The van der Waals surface area contributed by atoms with Crippen LogP contribution in [0.3, 0.4) is 0 Å². The molecule has 15 heavy (non-hydrogen) atoms. The Morgan fingerprint density at radius 3 is 2.33 bits per heavy atom. The lowest BCUT2D eigenvalue weighted by Gasteiger charge is -2.33. The Kier molecular flexibility index (Phi) is 4.11. The van der Waals surface area contributed by atoms with Crippen LogP contribution in [0.5, 0.6) is 0 Å². The summed E-state index contributed by atoms with van der Waals surface area (Å²) in [5.74, 6) is 0. The quantitative estimate of drug-likeness (QED) is 0.496. The zero-order chi connectivity index (χ0) is 11.5. The van der Waals surface area contributed by atoms with E-state index >= 15 is 0 Å². The predicted octanol–water partition coefficient (Wildman–Crippen LogP) is 0.819. The van der Waals surface area contributed by atoms with Crippen LogP contribution in [0.15, 0.2) is 0 Å². The topological polar surface area (TPSA) is 92.4 Å². The van der Waals surface area contributed by atoms with E-state index in [2.05, 4.69) is 5.32 Å². The fraction of sp³-hybridized carbons (Fsp3) is 1.00. The second-order valence-corrected chi connectivity index (χ2v) is 5.88. The van der Waals surface area contributed by atoms with E-state index in [-0.39, 0.29) is 12.5 Å². The first kappa shape index (κ1) is 12.9. The summed E-state index contributed by atoms with van der Waals surface area (Å²) < 4.78 is 31.3. The van der Waals surface area contributed by atoms with Crippen LogP contribution < -0.4 is 11.1 Å². The van der Waals surface area contributed by atoms with Crippen LogP contribution in [-0.2, 0) is 10.1 Å². The minimum absolute atomic E-state index is 0.102. The maximum absolute atomic E-state index is 11.1. The normalized spacial score (nSPS) is 23.7. The SMILES string of the molecule is CCC(N)(NC1CCCCC1)S(=O)(=O)O. The highest BCUT2D eigenvalue weighted by Gasteiger charge is 2.38. The molecule has 1 aliphatic rings. The van der Waals surface area contributed by atoms with Gasteiger partial charge in [-0.15, -0.1) is 0 Å². The molecule has 90 valence electrons. The van der Waals surface area contributed by atoms with Gasteiger partial charge in [0.2, 0.25) is 0 Å². The molecule has 1 rings (SSSR count). The lowest BCUT2D eigenvalue weighted by Crippen LogP contribution is -2.62. The monoisotopic (exact) mass is 236 g/mol. The first-order valence-corrected chi connectivity index (χ1v) is 6.86. The van der Waals surface area contributed by atoms with Crippen LogP contribution in [0.1, 0.15) is 45.4 Å². The van der Waals surface area contributed by atoms with Gasteiger partial charge in [-0.05, 0) is 19.3 Å². The van der Waals surface area contributed by atoms with E-state index in [1.54, 1.807) is 6.92 Å². The van der Waals surface area contributed by atoms with Gasteiger partial charge in [-0.25, -0.2) is 0 Å². The van der Waals surface area contributed by atoms with Gasteiger partial charge in [0, 0.05) is 6.04 Å². The number of hydrogen-bond acceptors (Lipinski definition) is 4. The van der Waals surface area contributed by atoms with E-state index in [1.807, 2.05) is 0 Å². The third-order valence-corrected chi connectivity index (χ3v) is 4.37. The summed E-state index contributed by atoms with van der Waals surface area (Å²) in [6.07, 6.45) is 5.37. The Labute approximate surface area is 91.2 Å². The zero-order valence-electron chi connectivity index (χ0n) is 9.07. The molecule has 1 fully saturated rings. The largest absolute Gasteiger partial charge is 0.298 e. The van der Waals surface area contributed by atoms with Crippen molar-refractivity contribution in [3.8, 4) is 0 Å². The van der Waals surface area contributed by atoms with Crippen molar-refractivity contribution < 1.29 is 13.0 Å². The fourth-order valence-electron chi connectivity index (χ4n) is 1.95. The number of nitrogens with one attached hydrogen (secondary N) is 1. The Hall–Kier alpha value is -0.170. The van der Waals surface area contributed by atoms with Crippen molar-refractivity contribution in [1.82, 2.24) is 5.32 Å². The average Bonchev–Trinajstić information content (AvgIpc) is 2.17. The van der Waals surface area contributed by atoms with E-state index in [4.69, 9.17) is 10.3 Å². The third kappa shape index (κ3) is 3.14. The summed E-state index contributed by atoms with van der Waals surface area (Å²) in [5, 5.41) is 2.86. The second kappa shape index (κ2) is 4.78. The molecule has 0 saturated heterocycles. The molecule has 0 radical (unpaired) electrons. The van der Waals surface area contributed by atoms with Crippen molar-refractivity contribution in [1.29, 1.82) is 0 Å². The number of rotatable bonds is 4. The van der Waals surface area contributed by atoms with Crippen molar-refractivity contribution in [3.63, 3.8) is 0 Å². The summed E-state index contributed by atoms with van der Waals surface area (Å²) in [6.45, 7) is 1.64. The maximum Gasteiger partial charge on any atom is 0.297 e. The molecule has 0 heterocycles. The molecule has 1 unspecified atom stereocenters. The van der Waals surface area contributed by atoms with Crippen LogP contribution in [0.2, 0.25) is 0 Å². The summed E-state index contributed by atoms with van der Waals surface area (Å²) in [4.78, 5) is -1.69. The molecular formula is C9H20N2O3S. The Bertz CT molecular complexity index is 298. The first-order chi connectivity index (χ1) is 6.89. The molecule has 0 aromatic carbocycles. The van der Waals surface area contributed by atoms with E-state index in [1.165, 1.54) is 6.42 Å². The minimum Gasteiger partial charge on any atom is -0.298 e. The van der Waals surface area contributed by atoms with Gasteiger partial charge in [0.25, 0.3) is 10.1 Å². The molecule has 1 aliphatic carbocycles. The van der Waals surface area contributed by atoms with Crippen molar-refractivity contribution in [2.75, 3.05) is 0 Å². The smallest absolute Gasteiger partial charge is 0.297 e. The predicted molar refractivity (Wildman–Crippen MR) is 58.8 cm³/mol. The molecule has 0 amide bonds. The molecule has 1 saturated carbocycles. The Morgan fingerprint density at radius 1 is 1.40 bits per heavy atom. The van der Waals surface area contributed by atoms with Crippen LogP contribution in [0.25, 0.3) is 0 Å². The molecule has 0 spiro atoms. The molecule has 5 nitrogen and oxygen atoms in total. The van der Waals surface area contributed by atoms with Crippen LogP contribution in [-0.4, -0.2) is 24.0 Å². The van der Waals surface area contributed by atoms with E-state index < -0.39 is 15.1 Å². The van der Waals surface area contributed by atoms with Gasteiger partial charge in [-0.2, -0.15) is 8.42 Å². The van der Waals surface area contributed by atoms with Gasteiger partial charge in [-0.3, -0.25) is 15.6 Å². The zero-order valence-corrected chi connectivity index (χ0v) is 9.89.